The van der Waals surface area contributed by atoms with Gasteiger partial charge in [-0.15, -0.1) is 0 Å². The van der Waals surface area contributed by atoms with Crippen LogP contribution in [0.15, 0.2) is 18.2 Å². The molecule has 1 aliphatic heterocycles. The summed E-state index contributed by atoms with van der Waals surface area (Å²) in [5.41, 5.74) is 0.215. The molecule has 1 atom stereocenters. The molecule has 1 aromatic rings. The predicted molar refractivity (Wildman–Crippen MR) is 70.8 cm³/mol. The van der Waals surface area contributed by atoms with E-state index in [1.807, 2.05) is 11.8 Å². The average Bonchev–Trinajstić information content (AvgIpc) is 3.14. The Balaban J connectivity index is 1.79. The van der Waals surface area contributed by atoms with Crippen LogP contribution in [0.1, 0.15) is 31.2 Å². The molecule has 0 aromatic heterocycles. The molecule has 1 aliphatic carbocycles. The molecule has 0 bridgehead atoms. The predicted octanol–water partition coefficient (Wildman–Crippen LogP) is 3.44. The van der Waals surface area contributed by atoms with Gasteiger partial charge in [-0.2, -0.15) is 11.8 Å². The van der Waals surface area contributed by atoms with Crippen molar-refractivity contribution in [1.29, 1.82) is 0 Å². The quantitative estimate of drug-likeness (QED) is 0.902. The number of halogens is 2. The molecule has 4 heteroatoms. The summed E-state index contributed by atoms with van der Waals surface area (Å²) in [5.74, 6) is 1.67. The van der Waals surface area contributed by atoms with Gasteiger partial charge in [-0.1, -0.05) is 0 Å². The van der Waals surface area contributed by atoms with E-state index in [2.05, 4.69) is 5.32 Å². The molecule has 2 aliphatic rings. The van der Waals surface area contributed by atoms with Crippen molar-refractivity contribution in [3.05, 3.63) is 35.4 Å². The van der Waals surface area contributed by atoms with Crippen LogP contribution in [0.5, 0.6) is 0 Å². The van der Waals surface area contributed by atoms with Crippen LogP contribution >= 0.6 is 11.8 Å². The number of nitrogens with one attached hydrogen (secondary N) is 1. The Kier molecular flexibility index (Phi) is 3.32. The third-order valence-electron chi connectivity index (χ3n) is 3.83. The fourth-order valence-electron chi connectivity index (χ4n) is 2.73. The van der Waals surface area contributed by atoms with Gasteiger partial charge in [0.2, 0.25) is 0 Å². The molecule has 0 radical (unpaired) electrons. The molecule has 0 amide bonds. The molecule has 1 N–H and O–H groups in total. The van der Waals surface area contributed by atoms with Gasteiger partial charge in [0.15, 0.2) is 0 Å². The Morgan fingerprint density at radius 2 is 2.11 bits per heavy atom. The zero-order chi connectivity index (χ0) is 12.6. The van der Waals surface area contributed by atoms with Crippen LogP contribution < -0.4 is 5.32 Å². The average molecular weight is 269 g/mol. The van der Waals surface area contributed by atoms with E-state index in [0.717, 1.165) is 25.0 Å². The zero-order valence-corrected chi connectivity index (χ0v) is 11.0. The van der Waals surface area contributed by atoms with E-state index in [9.17, 15) is 8.78 Å². The van der Waals surface area contributed by atoms with Crippen LogP contribution in [0.2, 0.25) is 0 Å². The zero-order valence-electron chi connectivity index (χ0n) is 10.2. The van der Waals surface area contributed by atoms with Crippen LogP contribution in [0.3, 0.4) is 0 Å². The lowest BCUT2D eigenvalue weighted by molar-refractivity contribution is 0.404. The van der Waals surface area contributed by atoms with E-state index in [1.54, 1.807) is 0 Å². The second-order valence-electron chi connectivity index (χ2n) is 5.26. The Labute approximate surface area is 110 Å². The second-order valence-corrected chi connectivity index (χ2v) is 6.41. The van der Waals surface area contributed by atoms with Crippen molar-refractivity contribution < 1.29 is 8.78 Å². The Morgan fingerprint density at radius 3 is 2.78 bits per heavy atom. The highest BCUT2D eigenvalue weighted by Crippen LogP contribution is 2.47. The largest absolute Gasteiger partial charge is 0.304 e. The van der Waals surface area contributed by atoms with E-state index in [4.69, 9.17) is 0 Å². The molecule has 1 aromatic carbocycles. The smallest absolute Gasteiger partial charge is 0.128 e. The summed E-state index contributed by atoms with van der Waals surface area (Å²) < 4.78 is 27.1. The SMILES string of the molecule is Fc1ccc(F)c(C2(N[C@@H]3CCCSC3)CC2)c1. The van der Waals surface area contributed by atoms with Crippen LogP contribution in [0.4, 0.5) is 8.78 Å². The van der Waals surface area contributed by atoms with Gasteiger partial charge in [0, 0.05) is 22.9 Å². The van der Waals surface area contributed by atoms with Gasteiger partial charge in [-0.05, 0) is 49.6 Å². The van der Waals surface area contributed by atoms with Gasteiger partial charge in [0.05, 0.1) is 0 Å². The first-order valence-electron chi connectivity index (χ1n) is 6.51. The molecule has 1 saturated heterocycles. The van der Waals surface area contributed by atoms with Crippen molar-refractivity contribution >= 4 is 11.8 Å². The molecule has 0 unspecified atom stereocenters. The standard InChI is InChI=1S/C14H17F2NS/c15-10-3-4-13(16)12(8-10)14(5-6-14)17-11-2-1-7-18-9-11/h3-4,8,11,17H,1-2,5-7,9H2/t11-/m1/s1. The maximum atomic E-state index is 13.8. The van der Waals surface area contributed by atoms with Crippen LogP contribution in [0, 0.1) is 11.6 Å². The molecule has 2 fully saturated rings. The monoisotopic (exact) mass is 269 g/mol. The van der Waals surface area contributed by atoms with Crippen molar-refractivity contribution in [2.75, 3.05) is 11.5 Å². The first-order valence-corrected chi connectivity index (χ1v) is 7.66. The number of rotatable bonds is 3. The minimum absolute atomic E-state index is 0.287. The molecular weight excluding hydrogens is 252 g/mol. The minimum atomic E-state index is -0.350. The summed E-state index contributed by atoms with van der Waals surface area (Å²) in [4.78, 5) is 0. The number of thioether (sulfide) groups is 1. The summed E-state index contributed by atoms with van der Waals surface area (Å²) in [6.07, 6.45) is 4.18. The summed E-state index contributed by atoms with van der Waals surface area (Å²) in [7, 11) is 0. The maximum Gasteiger partial charge on any atom is 0.128 e. The van der Waals surface area contributed by atoms with Crippen molar-refractivity contribution in [3.8, 4) is 0 Å². The minimum Gasteiger partial charge on any atom is -0.304 e. The van der Waals surface area contributed by atoms with Gasteiger partial charge in [-0.25, -0.2) is 8.78 Å². The Bertz CT molecular complexity index is 439. The summed E-state index contributed by atoms with van der Waals surface area (Å²) >= 11 is 1.94. The molecule has 0 spiro atoms. The molecule has 98 valence electrons. The lowest BCUT2D eigenvalue weighted by atomic mass is 10.0. The summed E-state index contributed by atoms with van der Waals surface area (Å²) in [6, 6.07) is 4.22. The summed E-state index contributed by atoms with van der Waals surface area (Å²) in [5, 5.41) is 3.56. The number of hydrogen-bond donors (Lipinski definition) is 1. The molecule has 1 heterocycles. The first-order chi connectivity index (χ1) is 8.70. The molecule has 1 saturated carbocycles. The van der Waals surface area contributed by atoms with Crippen LogP contribution in [0.25, 0.3) is 0 Å². The van der Waals surface area contributed by atoms with Crippen molar-refractivity contribution in [1.82, 2.24) is 5.32 Å². The third-order valence-corrected chi connectivity index (χ3v) is 5.05. The molecule has 1 nitrogen and oxygen atoms in total. The van der Waals surface area contributed by atoms with Gasteiger partial charge in [0.25, 0.3) is 0 Å². The maximum absolute atomic E-state index is 13.8. The van der Waals surface area contributed by atoms with E-state index in [0.29, 0.717) is 11.6 Å². The normalized spacial score (nSPS) is 26.0. The topological polar surface area (TPSA) is 12.0 Å². The third kappa shape index (κ3) is 2.41. The molecule has 18 heavy (non-hydrogen) atoms. The van der Waals surface area contributed by atoms with Gasteiger partial charge >= 0.3 is 0 Å². The van der Waals surface area contributed by atoms with Crippen molar-refractivity contribution in [2.45, 2.75) is 37.3 Å². The van der Waals surface area contributed by atoms with E-state index in [-0.39, 0.29) is 17.2 Å². The van der Waals surface area contributed by atoms with E-state index in [1.165, 1.54) is 30.4 Å². The molecule has 3 rings (SSSR count). The first kappa shape index (κ1) is 12.4. The van der Waals surface area contributed by atoms with Gasteiger partial charge < -0.3 is 5.32 Å². The Hall–Kier alpha value is -0.610. The lowest BCUT2D eigenvalue weighted by Gasteiger charge is -2.28. The van der Waals surface area contributed by atoms with Crippen molar-refractivity contribution in [2.24, 2.45) is 0 Å². The number of benzene rings is 1. The molecular formula is C14H17F2NS. The highest BCUT2D eigenvalue weighted by atomic mass is 32.2. The van der Waals surface area contributed by atoms with E-state index < -0.39 is 0 Å². The van der Waals surface area contributed by atoms with Crippen LogP contribution in [-0.4, -0.2) is 17.5 Å². The number of hydrogen-bond acceptors (Lipinski definition) is 2. The summed E-state index contributed by atoms with van der Waals surface area (Å²) in [6.45, 7) is 0. The van der Waals surface area contributed by atoms with Gasteiger partial charge in [-0.3, -0.25) is 0 Å². The van der Waals surface area contributed by atoms with Gasteiger partial charge in [0.1, 0.15) is 11.6 Å². The Morgan fingerprint density at radius 1 is 1.28 bits per heavy atom. The fourth-order valence-corrected chi connectivity index (χ4v) is 3.80. The van der Waals surface area contributed by atoms with Crippen LogP contribution in [-0.2, 0) is 5.54 Å². The fraction of sp³-hybridized carbons (Fsp3) is 0.571. The highest BCUT2D eigenvalue weighted by Gasteiger charge is 2.47. The van der Waals surface area contributed by atoms with Crippen molar-refractivity contribution in [3.63, 3.8) is 0 Å². The van der Waals surface area contributed by atoms with E-state index >= 15 is 0 Å². The second kappa shape index (κ2) is 4.82. The lowest BCUT2D eigenvalue weighted by Crippen LogP contribution is -2.41. The highest BCUT2D eigenvalue weighted by molar-refractivity contribution is 7.99.